The number of carbonyl (C=O) groups is 2. The normalized spacial score (nSPS) is 14.4. The summed E-state index contributed by atoms with van der Waals surface area (Å²) in [5.74, 6) is -0.687. The Morgan fingerprint density at radius 2 is 1.79 bits per heavy atom. The minimum absolute atomic E-state index is 0.00509. The number of sulfonamides is 1. The Morgan fingerprint density at radius 1 is 1.09 bits per heavy atom. The number of anilines is 1. The average Bonchev–Trinajstić information content (AvgIpc) is 2.83. The Hall–Kier alpha value is -3.22. The fraction of sp³-hybridized carbons (Fsp3) is 0.333. The fourth-order valence-corrected chi connectivity index (χ4v) is 4.52. The number of urea groups is 1. The highest BCUT2D eigenvalue weighted by atomic mass is 32.2. The van der Waals surface area contributed by atoms with Gasteiger partial charge in [0.25, 0.3) is 0 Å². The predicted molar refractivity (Wildman–Crippen MR) is 118 cm³/mol. The van der Waals surface area contributed by atoms with Crippen molar-refractivity contribution in [2.45, 2.75) is 11.4 Å². The SMILES string of the molecule is COc1ccc(S(=O)(=O)N2CCOCC2)cc1NC(=O)CNC(=O)NCc1ccc(F)cc1. The molecule has 0 aliphatic carbocycles. The van der Waals surface area contributed by atoms with Gasteiger partial charge in [-0.05, 0) is 35.9 Å². The molecule has 0 saturated carbocycles. The number of hydrogen-bond donors (Lipinski definition) is 3. The maximum atomic E-state index is 12.9. The summed E-state index contributed by atoms with van der Waals surface area (Å²) >= 11 is 0. The molecule has 0 atom stereocenters. The zero-order valence-electron chi connectivity index (χ0n) is 18.0. The lowest BCUT2D eigenvalue weighted by Gasteiger charge is -2.26. The molecule has 0 aromatic heterocycles. The van der Waals surface area contributed by atoms with Crippen molar-refractivity contribution in [3.8, 4) is 5.75 Å². The van der Waals surface area contributed by atoms with Gasteiger partial charge in [0, 0.05) is 19.6 Å². The highest BCUT2D eigenvalue weighted by Gasteiger charge is 2.27. The topological polar surface area (TPSA) is 126 Å². The zero-order valence-corrected chi connectivity index (χ0v) is 18.8. The number of benzene rings is 2. The van der Waals surface area contributed by atoms with E-state index in [4.69, 9.17) is 9.47 Å². The van der Waals surface area contributed by atoms with Crippen molar-refractivity contribution in [2.24, 2.45) is 0 Å². The van der Waals surface area contributed by atoms with E-state index in [1.165, 1.54) is 53.9 Å². The van der Waals surface area contributed by atoms with E-state index >= 15 is 0 Å². The number of hydrogen-bond acceptors (Lipinski definition) is 6. The number of morpholine rings is 1. The lowest BCUT2D eigenvalue weighted by atomic mass is 10.2. The largest absolute Gasteiger partial charge is 0.495 e. The van der Waals surface area contributed by atoms with Gasteiger partial charge in [0.05, 0.1) is 37.5 Å². The molecule has 0 unspecified atom stereocenters. The van der Waals surface area contributed by atoms with E-state index < -0.39 is 22.0 Å². The summed E-state index contributed by atoms with van der Waals surface area (Å²) in [5.41, 5.74) is 0.851. The predicted octanol–water partition coefficient (Wildman–Crippen LogP) is 1.29. The van der Waals surface area contributed by atoms with Crippen LogP contribution >= 0.6 is 0 Å². The minimum Gasteiger partial charge on any atom is -0.495 e. The third kappa shape index (κ3) is 6.63. The highest BCUT2D eigenvalue weighted by Crippen LogP contribution is 2.29. The molecule has 0 bridgehead atoms. The first-order chi connectivity index (χ1) is 15.8. The van der Waals surface area contributed by atoms with Crippen molar-refractivity contribution in [2.75, 3.05) is 45.3 Å². The molecule has 178 valence electrons. The molecular formula is C21H25FN4O6S. The van der Waals surface area contributed by atoms with Crippen LogP contribution in [0.25, 0.3) is 0 Å². The Morgan fingerprint density at radius 3 is 2.45 bits per heavy atom. The Bertz CT molecular complexity index is 1090. The van der Waals surface area contributed by atoms with E-state index in [9.17, 15) is 22.4 Å². The lowest BCUT2D eigenvalue weighted by molar-refractivity contribution is -0.115. The molecule has 0 spiro atoms. The number of ether oxygens (including phenoxy) is 2. The zero-order chi connectivity index (χ0) is 23.8. The van der Waals surface area contributed by atoms with Gasteiger partial charge in [0.15, 0.2) is 0 Å². The smallest absolute Gasteiger partial charge is 0.315 e. The first-order valence-electron chi connectivity index (χ1n) is 10.1. The quantitative estimate of drug-likeness (QED) is 0.523. The molecule has 33 heavy (non-hydrogen) atoms. The summed E-state index contributed by atoms with van der Waals surface area (Å²) in [6, 6.07) is 9.21. The summed E-state index contributed by atoms with van der Waals surface area (Å²) in [5, 5.41) is 7.51. The third-order valence-electron chi connectivity index (χ3n) is 4.83. The molecule has 2 aromatic rings. The van der Waals surface area contributed by atoms with Crippen LogP contribution in [0, 0.1) is 5.82 Å². The van der Waals surface area contributed by atoms with Crippen molar-refractivity contribution in [3.63, 3.8) is 0 Å². The number of rotatable bonds is 8. The molecule has 1 aliphatic rings. The van der Waals surface area contributed by atoms with Gasteiger partial charge in [-0.3, -0.25) is 4.79 Å². The molecule has 1 aliphatic heterocycles. The monoisotopic (exact) mass is 480 g/mol. The number of halogens is 1. The highest BCUT2D eigenvalue weighted by molar-refractivity contribution is 7.89. The van der Waals surface area contributed by atoms with Gasteiger partial charge in [0.1, 0.15) is 11.6 Å². The van der Waals surface area contributed by atoms with Crippen molar-refractivity contribution in [1.82, 2.24) is 14.9 Å². The number of nitrogens with zero attached hydrogens (tertiary/aromatic N) is 1. The molecule has 2 aromatic carbocycles. The van der Waals surface area contributed by atoms with Gasteiger partial charge >= 0.3 is 6.03 Å². The van der Waals surface area contributed by atoms with E-state index in [-0.39, 0.29) is 48.3 Å². The molecule has 3 amide bonds. The van der Waals surface area contributed by atoms with Crippen molar-refractivity contribution >= 4 is 27.6 Å². The van der Waals surface area contributed by atoms with E-state index in [2.05, 4.69) is 16.0 Å². The Labute approximate surface area is 191 Å². The maximum absolute atomic E-state index is 12.9. The van der Waals surface area contributed by atoms with Crippen LogP contribution in [0.4, 0.5) is 14.9 Å². The lowest BCUT2D eigenvalue weighted by Crippen LogP contribution is -2.40. The van der Waals surface area contributed by atoms with E-state index in [1.807, 2.05) is 0 Å². The molecule has 12 heteroatoms. The Kier molecular flexibility index (Phi) is 8.20. The van der Waals surface area contributed by atoms with Crippen LogP contribution in [0.15, 0.2) is 47.4 Å². The van der Waals surface area contributed by atoms with Crippen molar-refractivity contribution < 1.29 is 31.9 Å². The van der Waals surface area contributed by atoms with Gasteiger partial charge in [0.2, 0.25) is 15.9 Å². The van der Waals surface area contributed by atoms with Gasteiger partial charge in [-0.15, -0.1) is 0 Å². The summed E-state index contributed by atoms with van der Waals surface area (Å²) in [6.07, 6.45) is 0. The number of methoxy groups -OCH3 is 1. The van der Waals surface area contributed by atoms with Gasteiger partial charge in [-0.1, -0.05) is 12.1 Å². The van der Waals surface area contributed by atoms with Crippen LogP contribution in [0.1, 0.15) is 5.56 Å². The fourth-order valence-electron chi connectivity index (χ4n) is 3.08. The van der Waals surface area contributed by atoms with Crippen LogP contribution in [-0.4, -0.2) is 64.6 Å². The van der Waals surface area contributed by atoms with Crippen molar-refractivity contribution in [3.05, 3.63) is 53.8 Å². The second kappa shape index (κ2) is 11.1. The molecule has 1 saturated heterocycles. The van der Waals surface area contributed by atoms with Gasteiger partial charge in [-0.25, -0.2) is 17.6 Å². The summed E-state index contributed by atoms with van der Waals surface area (Å²) in [7, 11) is -2.37. The first-order valence-corrected chi connectivity index (χ1v) is 11.6. The standard InChI is InChI=1S/C21H25FN4O6S/c1-31-19-7-6-17(33(29,30)26-8-10-32-11-9-26)12-18(19)25-20(27)14-24-21(28)23-13-15-2-4-16(22)5-3-15/h2-7,12H,8-11,13-14H2,1H3,(H,25,27)(H2,23,24,28). The number of carbonyl (C=O) groups excluding carboxylic acids is 2. The molecular weight excluding hydrogens is 455 g/mol. The summed E-state index contributed by atoms with van der Waals surface area (Å²) in [6.45, 7) is 0.906. The van der Waals surface area contributed by atoms with Crippen LogP contribution in [0.2, 0.25) is 0 Å². The van der Waals surface area contributed by atoms with Crippen LogP contribution in [0.5, 0.6) is 5.75 Å². The maximum Gasteiger partial charge on any atom is 0.315 e. The summed E-state index contributed by atoms with van der Waals surface area (Å²) < 4.78 is 50.4. The number of amides is 3. The van der Waals surface area contributed by atoms with E-state index in [1.54, 1.807) is 0 Å². The third-order valence-corrected chi connectivity index (χ3v) is 6.72. The number of nitrogens with one attached hydrogen (secondary N) is 3. The van der Waals surface area contributed by atoms with Gasteiger partial charge in [-0.2, -0.15) is 4.31 Å². The molecule has 1 heterocycles. The minimum atomic E-state index is -3.76. The van der Waals surface area contributed by atoms with Crippen LogP contribution in [-0.2, 0) is 26.1 Å². The van der Waals surface area contributed by atoms with E-state index in [0.717, 1.165) is 0 Å². The van der Waals surface area contributed by atoms with E-state index in [0.29, 0.717) is 18.8 Å². The average molecular weight is 481 g/mol. The van der Waals surface area contributed by atoms with Gasteiger partial charge < -0.3 is 25.4 Å². The van der Waals surface area contributed by atoms with Crippen LogP contribution < -0.4 is 20.7 Å². The summed E-state index contributed by atoms with van der Waals surface area (Å²) in [4.78, 5) is 24.3. The molecule has 3 N–H and O–H groups in total. The van der Waals surface area contributed by atoms with Crippen molar-refractivity contribution in [1.29, 1.82) is 0 Å². The second-order valence-corrected chi connectivity index (χ2v) is 9.03. The second-order valence-electron chi connectivity index (χ2n) is 7.09. The molecule has 3 rings (SSSR count). The molecule has 10 nitrogen and oxygen atoms in total. The Balaban J connectivity index is 1.58. The molecule has 0 radical (unpaired) electrons. The molecule has 1 fully saturated rings. The van der Waals surface area contributed by atoms with Crippen LogP contribution in [0.3, 0.4) is 0 Å². The first kappa shape index (κ1) is 24.4.